The lowest BCUT2D eigenvalue weighted by Crippen LogP contribution is -2.30. The average molecular weight is 287 g/mol. The Morgan fingerprint density at radius 3 is 3.00 bits per heavy atom. The monoisotopic (exact) mass is 286 g/mol. The third kappa shape index (κ3) is 1.86. The van der Waals surface area contributed by atoms with Crippen LogP contribution in [0.4, 0.5) is 0 Å². The van der Waals surface area contributed by atoms with Gasteiger partial charge in [-0.2, -0.15) is 5.26 Å². The van der Waals surface area contributed by atoms with Gasteiger partial charge in [0.1, 0.15) is 5.92 Å². The van der Waals surface area contributed by atoms with Gasteiger partial charge in [0.2, 0.25) is 11.8 Å². The Balaban J connectivity index is 2.22. The minimum absolute atomic E-state index is 0.0866. The van der Waals surface area contributed by atoms with E-state index in [0.29, 0.717) is 10.9 Å². The molecule has 0 spiro atoms. The van der Waals surface area contributed by atoms with Crippen molar-refractivity contribution in [3.05, 3.63) is 46.1 Å². The van der Waals surface area contributed by atoms with E-state index in [0.717, 1.165) is 16.8 Å². The quantitative estimate of drug-likeness (QED) is 0.845. The number of nitrogens with zero attached hydrogens (tertiary/aromatic N) is 2. The molecule has 20 heavy (non-hydrogen) atoms. The van der Waals surface area contributed by atoms with Crippen molar-refractivity contribution >= 4 is 17.5 Å². The summed E-state index contributed by atoms with van der Waals surface area (Å²) in [5.41, 5.74) is 2.52. The molecule has 0 radical (unpaired) electrons. The molecule has 100 valence electrons. The summed E-state index contributed by atoms with van der Waals surface area (Å²) in [4.78, 5) is 0. The number of nitriles is 1. The van der Waals surface area contributed by atoms with E-state index in [2.05, 4.69) is 16.3 Å². The minimum atomic E-state index is -0.683. The number of fused-ring (bicyclic) bond motifs is 1. The lowest BCUT2D eigenvalue weighted by molar-refractivity contribution is 0.436. The fraction of sp³-hybridized carbons (Fsp3) is 0.214. The Bertz CT molecular complexity index is 731. The molecule has 3 rings (SSSR count). The van der Waals surface area contributed by atoms with Crippen molar-refractivity contribution < 1.29 is 4.74 Å². The molecular formula is C14H11ClN4O. The summed E-state index contributed by atoms with van der Waals surface area (Å²) in [6.45, 7) is 1.87. The van der Waals surface area contributed by atoms with Crippen LogP contribution in [-0.2, 0) is 0 Å². The predicted molar refractivity (Wildman–Crippen MR) is 74.1 cm³/mol. The van der Waals surface area contributed by atoms with Crippen molar-refractivity contribution in [3.63, 3.8) is 0 Å². The first kappa shape index (κ1) is 12.7. The third-order valence-corrected chi connectivity index (χ3v) is 3.67. The fourth-order valence-electron chi connectivity index (χ4n) is 2.54. The predicted octanol–water partition coefficient (Wildman–Crippen LogP) is 3.01. The van der Waals surface area contributed by atoms with Crippen molar-refractivity contribution in [1.82, 2.24) is 10.2 Å². The maximum atomic E-state index is 9.38. The van der Waals surface area contributed by atoms with Gasteiger partial charge in [-0.05, 0) is 24.6 Å². The first-order valence-corrected chi connectivity index (χ1v) is 6.46. The van der Waals surface area contributed by atoms with E-state index in [-0.39, 0.29) is 11.8 Å². The Labute approximate surface area is 120 Å². The largest absolute Gasteiger partial charge is 0.422 e. The second-order valence-electron chi connectivity index (χ2n) is 4.67. The van der Waals surface area contributed by atoms with E-state index >= 15 is 0 Å². The van der Waals surface area contributed by atoms with Gasteiger partial charge in [-0.15, -0.1) is 5.10 Å². The van der Waals surface area contributed by atoms with Crippen LogP contribution in [0.25, 0.3) is 0 Å². The van der Waals surface area contributed by atoms with Gasteiger partial charge in [-0.3, -0.25) is 10.5 Å². The second kappa shape index (κ2) is 4.66. The molecule has 1 aliphatic heterocycles. The third-order valence-electron chi connectivity index (χ3n) is 3.44. The fourth-order valence-corrected chi connectivity index (χ4v) is 2.74. The summed E-state index contributed by atoms with van der Waals surface area (Å²) < 4.78 is 5.32. The van der Waals surface area contributed by atoms with Gasteiger partial charge in [-0.1, -0.05) is 23.7 Å². The van der Waals surface area contributed by atoms with Crippen molar-refractivity contribution in [1.29, 1.82) is 10.7 Å². The van der Waals surface area contributed by atoms with Gasteiger partial charge in [-0.25, -0.2) is 0 Å². The maximum absolute atomic E-state index is 9.38. The molecule has 0 saturated carbocycles. The highest BCUT2D eigenvalue weighted by Gasteiger charge is 2.39. The Kier molecular flexibility index (Phi) is 2.96. The van der Waals surface area contributed by atoms with E-state index < -0.39 is 5.92 Å². The number of halogens is 1. The standard InChI is InChI=1S/C14H11ClN4O/c1-7-11-12(8-3-2-4-9(15)5-8)10(6-16)13(17)20-14(11)19-18-7/h2-5,10,12,17H,1H3,(H,18,19). The van der Waals surface area contributed by atoms with Crippen LogP contribution in [0.15, 0.2) is 24.3 Å². The molecule has 0 saturated heterocycles. The molecule has 0 aliphatic carbocycles. The molecule has 2 N–H and O–H groups in total. The van der Waals surface area contributed by atoms with Gasteiger partial charge in [0.05, 0.1) is 6.07 Å². The highest BCUT2D eigenvalue weighted by Crippen LogP contribution is 2.42. The molecule has 0 bridgehead atoms. The number of aromatic amines is 1. The number of nitrogens with one attached hydrogen (secondary N) is 2. The number of hydrogen-bond acceptors (Lipinski definition) is 4. The first-order valence-electron chi connectivity index (χ1n) is 6.08. The summed E-state index contributed by atoms with van der Waals surface area (Å²) in [5.74, 6) is -0.702. The molecule has 1 aromatic heterocycles. The lowest BCUT2D eigenvalue weighted by Gasteiger charge is -2.27. The zero-order chi connectivity index (χ0) is 14.3. The SMILES string of the molecule is Cc1[nH]nc2c1C(c1cccc(Cl)c1)C(C#N)C(=N)O2. The second-order valence-corrected chi connectivity index (χ2v) is 5.11. The van der Waals surface area contributed by atoms with E-state index in [1.54, 1.807) is 6.07 Å². The molecule has 2 unspecified atom stereocenters. The molecular weight excluding hydrogens is 276 g/mol. The van der Waals surface area contributed by atoms with Crippen LogP contribution in [0.2, 0.25) is 5.02 Å². The number of aromatic nitrogens is 2. The van der Waals surface area contributed by atoms with Crippen molar-refractivity contribution in [2.45, 2.75) is 12.8 Å². The molecule has 2 heterocycles. The topological polar surface area (TPSA) is 85.5 Å². The van der Waals surface area contributed by atoms with Gasteiger partial charge in [0.25, 0.3) is 0 Å². The van der Waals surface area contributed by atoms with Gasteiger partial charge in [0, 0.05) is 22.2 Å². The Hall–Kier alpha value is -2.32. The van der Waals surface area contributed by atoms with Crippen LogP contribution in [0.3, 0.4) is 0 Å². The van der Waals surface area contributed by atoms with Crippen LogP contribution in [0.1, 0.15) is 22.7 Å². The van der Waals surface area contributed by atoms with Gasteiger partial charge in [0.15, 0.2) is 0 Å². The Morgan fingerprint density at radius 2 is 2.30 bits per heavy atom. The molecule has 5 nitrogen and oxygen atoms in total. The number of H-pyrrole nitrogens is 1. The van der Waals surface area contributed by atoms with Gasteiger partial charge >= 0.3 is 0 Å². The molecule has 0 fully saturated rings. The number of benzene rings is 1. The van der Waals surface area contributed by atoms with Crippen molar-refractivity contribution in [3.8, 4) is 11.9 Å². The Morgan fingerprint density at radius 1 is 1.50 bits per heavy atom. The van der Waals surface area contributed by atoms with Crippen molar-refractivity contribution in [2.24, 2.45) is 5.92 Å². The van der Waals surface area contributed by atoms with E-state index in [4.69, 9.17) is 21.7 Å². The van der Waals surface area contributed by atoms with Crippen molar-refractivity contribution in [2.75, 3.05) is 0 Å². The molecule has 0 amide bonds. The average Bonchev–Trinajstić information content (AvgIpc) is 2.78. The summed E-state index contributed by atoms with van der Waals surface area (Å²) in [6.07, 6.45) is 0. The minimum Gasteiger partial charge on any atom is -0.422 e. The number of aryl methyl sites for hydroxylation is 1. The highest BCUT2D eigenvalue weighted by molar-refractivity contribution is 6.30. The summed E-state index contributed by atoms with van der Waals surface area (Å²) >= 11 is 6.04. The number of hydrogen-bond donors (Lipinski definition) is 2. The summed E-state index contributed by atoms with van der Waals surface area (Å²) in [7, 11) is 0. The first-order chi connectivity index (χ1) is 9.61. The number of rotatable bonds is 1. The van der Waals surface area contributed by atoms with Gasteiger partial charge < -0.3 is 4.74 Å². The zero-order valence-corrected chi connectivity index (χ0v) is 11.4. The molecule has 6 heteroatoms. The van der Waals surface area contributed by atoms with E-state index in [1.165, 1.54) is 0 Å². The van der Waals surface area contributed by atoms with Crippen LogP contribution in [0, 0.1) is 29.6 Å². The highest BCUT2D eigenvalue weighted by atomic mass is 35.5. The van der Waals surface area contributed by atoms with E-state index in [1.807, 2.05) is 25.1 Å². The molecule has 1 aliphatic rings. The van der Waals surface area contributed by atoms with Crippen LogP contribution in [0.5, 0.6) is 5.88 Å². The normalized spacial score (nSPS) is 20.9. The maximum Gasteiger partial charge on any atom is 0.243 e. The molecule has 1 aromatic carbocycles. The smallest absolute Gasteiger partial charge is 0.243 e. The van der Waals surface area contributed by atoms with Crippen LogP contribution >= 0.6 is 11.6 Å². The lowest BCUT2D eigenvalue weighted by atomic mass is 9.80. The number of ether oxygens (including phenoxy) is 1. The molecule has 2 aromatic rings. The van der Waals surface area contributed by atoms with Crippen LogP contribution in [-0.4, -0.2) is 16.1 Å². The summed E-state index contributed by atoms with van der Waals surface area (Å²) in [6, 6.07) is 9.47. The zero-order valence-electron chi connectivity index (χ0n) is 10.6. The summed E-state index contributed by atoms with van der Waals surface area (Å²) in [5, 5.41) is 24.8. The van der Waals surface area contributed by atoms with Crippen LogP contribution < -0.4 is 4.74 Å². The van der Waals surface area contributed by atoms with E-state index in [9.17, 15) is 5.26 Å². The molecule has 2 atom stereocenters.